The number of ketones is 1. The molecule has 0 unspecified atom stereocenters. The number of rotatable bonds is 5. The zero-order valence-corrected chi connectivity index (χ0v) is 17.5. The Morgan fingerprint density at radius 3 is 2.07 bits per heavy atom. The molecule has 0 spiro atoms. The number of fused-ring (bicyclic) bond motifs is 1. The lowest BCUT2D eigenvalue weighted by molar-refractivity contribution is -0.116. The predicted octanol–water partition coefficient (Wildman–Crippen LogP) is 3.99. The number of nitrogens with one attached hydrogen (secondary N) is 1. The van der Waals surface area contributed by atoms with Gasteiger partial charge in [0.15, 0.2) is 28.8 Å². The molecular formula is C23H25NO6. The number of carbonyl (C=O) groups excluding carboxylic acids is 1. The second kappa shape index (κ2) is 7.82. The lowest BCUT2D eigenvalue weighted by atomic mass is 9.75. The van der Waals surface area contributed by atoms with Crippen molar-refractivity contribution in [1.29, 1.82) is 0 Å². The average molecular weight is 411 g/mol. The Hall–Kier alpha value is -3.35. The van der Waals surface area contributed by atoms with Gasteiger partial charge in [-0.05, 0) is 42.2 Å². The predicted molar refractivity (Wildman–Crippen MR) is 112 cm³/mol. The SMILES string of the molecule is COc1cc2c(cc1OC)[C@@H](c1cc(OC)c(O)c(OC)c1)C1=C(CCCC1=O)N2. The van der Waals surface area contributed by atoms with E-state index in [4.69, 9.17) is 18.9 Å². The fourth-order valence-electron chi connectivity index (χ4n) is 4.31. The van der Waals surface area contributed by atoms with Gasteiger partial charge in [-0.3, -0.25) is 4.79 Å². The van der Waals surface area contributed by atoms with E-state index in [2.05, 4.69) is 5.32 Å². The standard InChI is InChI=1S/C23H25NO6/c1-27-17-10-13-15(11-18(17)28-2)24-14-6-5-7-16(25)22(14)21(13)12-8-19(29-3)23(26)20(9-12)30-4/h8-11,21,24,26H,5-7H2,1-4H3/t21-/m1/s1. The highest BCUT2D eigenvalue weighted by Crippen LogP contribution is 2.50. The van der Waals surface area contributed by atoms with Crippen molar-refractivity contribution in [2.75, 3.05) is 33.8 Å². The first-order valence-corrected chi connectivity index (χ1v) is 9.76. The van der Waals surface area contributed by atoms with Crippen LogP contribution in [-0.2, 0) is 4.79 Å². The number of phenols is 1. The van der Waals surface area contributed by atoms with Crippen LogP contribution in [0.5, 0.6) is 28.7 Å². The van der Waals surface area contributed by atoms with E-state index in [1.165, 1.54) is 14.2 Å². The molecule has 0 saturated heterocycles. The fraction of sp³-hybridized carbons (Fsp3) is 0.348. The highest BCUT2D eigenvalue weighted by molar-refractivity contribution is 6.01. The van der Waals surface area contributed by atoms with Gasteiger partial charge >= 0.3 is 0 Å². The summed E-state index contributed by atoms with van der Waals surface area (Å²) in [6.45, 7) is 0. The molecule has 0 fully saturated rings. The zero-order chi connectivity index (χ0) is 21.4. The molecule has 158 valence electrons. The molecule has 30 heavy (non-hydrogen) atoms. The van der Waals surface area contributed by atoms with Crippen LogP contribution in [0.15, 0.2) is 35.5 Å². The minimum Gasteiger partial charge on any atom is -0.502 e. The summed E-state index contributed by atoms with van der Waals surface area (Å²) < 4.78 is 21.7. The minimum atomic E-state index is -0.354. The molecule has 2 aromatic rings. The van der Waals surface area contributed by atoms with Crippen LogP contribution in [0.3, 0.4) is 0 Å². The smallest absolute Gasteiger partial charge is 0.200 e. The summed E-state index contributed by atoms with van der Waals surface area (Å²) >= 11 is 0. The van der Waals surface area contributed by atoms with Crippen molar-refractivity contribution >= 4 is 11.5 Å². The number of methoxy groups -OCH3 is 4. The molecule has 0 amide bonds. The Kier molecular flexibility index (Phi) is 5.20. The van der Waals surface area contributed by atoms with E-state index in [-0.39, 0.29) is 28.9 Å². The molecule has 2 N–H and O–H groups in total. The topological polar surface area (TPSA) is 86.2 Å². The number of ether oxygens (including phenoxy) is 4. The van der Waals surface area contributed by atoms with E-state index in [0.29, 0.717) is 17.9 Å². The molecular weight excluding hydrogens is 386 g/mol. The fourth-order valence-corrected chi connectivity index (χ4v) is 4.31. The molecule has 0 aromatic heterocycles. The Morgan fingerprint density at radius 2 is 1.47 bits per heavy atom. The number of hydrogen-bond acceptors (Lipinski definition) is 7. The maximum Gasteiger partial charge on any atom is 0.200 e. The molecule has 7 nitrogen and oxygen atoms in total. The van der Waals surface area contributed by atoms with Crippen molar-refractivity contribution in [2.24, 2.45) is 0 Å². The number of anilines is 1. The summed E-state index contributed by atoms with van der Waals surface area (Å²) in [4.78, 5) is 13.0. The number of benzene rings is 2. The van der Waals surface area contributed by atoms with E-state index in [1.54, 1.807) is 26.4 Å². The van der Waals surface area contributed by atoms with Gasteiger partial charge in [0.05, 0.1) is 28.4 Å². The van der Waals surface area contributed by atoms with Gasteiger partial charge in [0.1, 0.15) is 0 Å². The van der Waals surface area contributed by atoms with Gasteiger partial charge in [-0.2, -0.15) is 0 Å². The average Bonchev–Trinajstić information content (AvgIpc) is 2.77. The van der Waals surface area contributed by atoms with Crippen LogP contribution < -0.4 is 24.3 Å². The number of phenolic OH excluding ortho intramolecular Hbond substituents is 1. The van der Waals surface area contributed by atoms with Crippen LogP contribution in [0.1, 0.15) is 36.3 Å². The zero-order valence-electron chi connectivity index (χ0n) is 17.5. The monoisotopic (exact) mass is 411 g/mol. The molecule has 2 aliphatic rings. The summed E-state index contributed by atoms with van der Waals surface area (Å²) in [7, 11) is 6.14. The van der Waals surface area contributed by atoms with E-state index in [0.717, 1.165) is 40.9 Å². The van der Waals surface area contributed by atoms with Gasteiger partial charge < -0.3 is 29.4 Å². The summed E-state index contributed by atoms with van der Waals surface area (Å²) in [5, 5.41) is 13.8. The Morgan fingerprint density at radius 1 is 0.867 bits per heavy atom. The van der Waals surface area contributed by atoms with Crippen molar-refractivity contribution < 1.29 is 28.8 Å². The molecule has 7 heteroatoms. The highest BCUT2D eigenvalue weighted by atomic mass is 16.5. The van der Waals surface area contributed by atoms with Crippen molar-refractivity contribution in [2.45, 2.75) is 25.2 Å². The van der Waals surface area contributed by atoms with Crippen LogP contribution in [-0.4, -0.2) is 39.3 Å². The van der Waals surface area contributed by atoms with Gasteiger partial charge in [0.25, 0.3) is 0 Å². The number of allylic oxidation sites excluding steroid dienone is 2. The molecule has 2 aromatic carbocycles. The van der Waals surface area contributed by atoms with Crippen LogP contribution in [0, 0.1) is 0 Å². The second-order valence-electron chi connectivity index (χ2n) is 7.30. The van der Waals surface area contributed by atoms with Crippen molar-refractivity contribution in [3.05, 3.63) is 46.7 Å². The van der Waals surface area contributed by atoms with Crippen molar-refractivity contribution in [3.63, 3.8) is 0 Å². The van der Waals surface area contributed by atoms with Crippen molar-refractivity contribution in [1.82, 2.24) is 0 Å². The third kappa shape index (κ3) is 3.10. The lowest BCUT2D eigenvalue weighted by Gasteiger charge is -2.34. The highest BCUT2D eigenvalue weighted by Gasteiger charge is 2.36. The van der Waals surface area contributed by atoms with E-state index >= 15 is 0 Å². The van der Waals surface area contributed by atoms with Gasteiger partial charge in [-0.1, -0.05) is 0 Å². The van der Waals surface area contributed by atoms with Crippen LogP contribution in [0.25, 0.3) is 0 Å². The molecule has 1 atom stereocenters. The van der Waals surface area contributed by atoms with E-state index in [1.807, 2.05) is 12.1 Å². The summed E-state index contributed by atoms with van der Waals surface area (Å²) in [6, 6.07) is 7.28. The third-order valence-corrected chi connectivity index (χ3v) is 5.73. The summed E-state index contributed by atoms with van der Waals surface area (Å²) in [5.74, 6) is 1.44. The molecule has 1 aliphatic heterocycles. The second-order valence-corrected chi connectivity index (χ2v) is 7.30. The van der Waals surface area contributed by atoms with Crippen LogP contribution in [0.4, 0.5) is 5.69 Å². The largest absolute Gasteiger partial charge is 0.502 e. The molecule has 0 saturated carbocycles. The Bertz CT molecular complexity index is 1020. The number of aromatic hydroxyl groups is 1. The van der Waals surface area contributed by atoms with Crippen LogP contribution in [0.2, 0.25) is 0 Å². The van der Waals surface area contributed by atoms with Gasteiger partial charge in [0, 0.05) is 35.4 Å². The summed E-state index contributed by atoms with van der Waals surface area (Å²) in [6.07, 6.45) is 2.10. The molecule has 1 aliphatic carbocycles. The maximum absolute atomic E-state index is 13.0. The first-order valence-electron chi connectivity index (χ1n) is 9.76. The molecule has 4 rings (SSSR count). The first kappa shape index (κ1) is 19.9. The number of hydrogen-bond donors (Lipinski definition) is 2. The molecule has 0 radical (unpaired) electrons. The lowest BCUT2D eigenvalue weighted by Crippen LogP contribution is -2.27. The van der Waals surface area contributed by atoms with Gasteiger partial charge in [-0.15, -0.1) is 0 Å². The van der Waals surface area contributed by atoms with Crippen molar-refractivity contribution in [3.8, 4) is 28.7 Å². The normalized spacial score (nSPS) is 17.6. The number of Topliss-reactive ketones (excluding diaryl/α,β-unsaturated/α-hetero) is 1. The summed E-state index contributed by atoms with van der Waals surface area (Å²) in [5.41, 5.74) is 4.19. The molecule has 1 heterocycles. The Balaban J connectivity index is 1.99. The van der Waals surface area contributed by atoms with Gasteiger partial charge in [0.2, 0.25) is 5.75 Å². The van der Waals surface area contributed by atoms with E-state index < -0.39 is 0 Å². The quantitative estimate of drug-likeness (QED) is 0.769. The van der Waals surface area contributed by atoms with E-state index in [9.17, 15) is 9.90 Å². The maximum atomic E-state index is 13.0. The Labute approximate surface area is 175 Å². The minimum absolute atomic E-state index is 0.0746. The van der Waals surface area contributed by atoms with Gasteiger partial charge in [-0.25, -0.2) is 0 Å². The number of carbonyl (C=O) groups is 1. The first-order chi connectivity index (χ1) is 14.5. The molecule has 0 bridgehead atoms. The third-order valence-electron chi connectivity index (χ3n) is 5.73. The van der Waals surface area contributed by atoms with Crippen LogP contribution >= 0.6 is 0 Å².